The number of carbonyl (C=O) groups is 1. The van der Waals surface area contributed by atoms with E-state index < -0.39 is 17.8 Å². The average Bonchev–Trinajstić information content (AvgIpc) is 2.83. The topological polar surface area (TPSA) is 71.0 Å². The minimum atomic E-state index is -4.38. The maximum Gasteiger partial charge on any atom is 0.416 e. The van der Waals surface area contributed by atoms with Gasteiger partial charge >= 0.3 is 6.18 Å². The van der Waals surface area contributed by atoms with Crippen molar-refractivity contribution >= 4 is 5.91 Å². The molecule has 0 aromatic heterocycles. The predicted molar refractivity (Wildman–Crippen MR) is 128 cm³/mol. The van der Waals surface area contributed by atoms with Crippen LogP contribution in [0.15, 0.2) is 54.6 Å². The highest BCUT2D eigenvalue weighted by Crippen LogP contribution is 2.31. The van der Waals surface area contributed by atoms with Gasteiger partial charge in [0.15, 0.2) is 0 Å². The number of nitrogens with one attached hydrogen (secondary N) is 1. The second kappa shape index (κ2) is 11.7. The Morgan fingerprint density at radius 3 is 2.53 bits per heavy atom. The number of β-amino-alcohol motifs (C(OH)–C–C–N with tert-alkyl or cyclic N) is 1. The lowest BCUT2D eigenvalue weighted by Crippen LogP contribution is -2.55. The molecule has 2 aliphatic heterocycles. The van der Waals surface area contributed by atoms with Crippen LogP contribution in [-0.4, -0.2) is 60.0 Å². The van der Waals surface area contributed by atoms with E-state index in [4.69, 9.17) is 9.47 Å². The van der Waals surface area contributed by atoms with Gasteiger partial charge in [0.25, 0.3) is 0 Å². The van der Waals surface area contributed by atoms with E-state index >= 15 is 0 Å². The van der Waals surface area contributed by atoms with Crippen LogP contribution >= 0.6 is 0 Å². The van der Waals surface area contributed by atoms with Gasteiger partial charge in [0, 0.05) is 19.1 Å². The third-order valence-corrected chi connectivity index (χ3v) is 6.84. The number of halogens is 3. The predicted octanol–water partition coefficient (Wildman–Crippen LogP) is 4.08. The highest BCUT2D eigenvalue weighted by Gasteiger charge is 2.38. The number of amides is 1. The molecule has 6 nitrogen and oxygen atoms in total. The molecule has 0 aliphatic carbocycles. The number of alkyl halides is 3. The normalized spacial score (nSPS) is 26.4. The first kappa shape index (κ1) is 26.6. The van der Waals surface area contributed by atoms with Crippen molar-refractivity contribution in [3.8, 4) is 0 Å². The lowest BCUT2D eigenvalue weighted by Gasteiger charge is -2.44. The summed E-state index contributed by atoms with van der Waals surface area (Å²) in [5, 5.41) is 13.4. The maximum atomic E-state index is 12.9. The van der Waals surface area contributed by atoms with Crippen LogP contribution in [0.4, 0.5) is 13.2 Å². The van der Waals surface area contributed by atoms with Gasteiger partial charge in [0.05, 0.1) is 49.6 Å². The van der Waals surface area contributed by atoms with Crippen molar-refractivity contribution in [2.75, 3.05) is 19.8 Å². The summed E-state index contributed by atoms with van der Waals surface area (Å²) in [5.41, 5.74) is 1.07. The van der Waals surface area contributed by atoms with Gasteiger partial charge in [-0.2, -0.15) is 13.2 Å². The number of hydrogen-bond donors (Lipinski definition) is 2. The highest BCUT2D eigenvalue weighted by molar-refractivity contribution is 5.77. The number of ether oxygens (including phenoxy) is 2. The smallest absolute Gasteiger partial charge is 0.389 e. The molecule has 2 heterocycles. The number of aliphatic hydroxyl groups is 1. The van der Waals surface area contributed by atoms with Crippen molar-refractivity contribution in [2.24, 2.45) is 0 Å². The van der Waals surface area contributed by atoms with Crippen LogP contribution in [-0.2, 0) is 27.0 Å². The summed E-state index contributed by atoms with van der Waals surface area (Å²) in [6.45, 7) is 3.09. The third-order valence-electron chi connectivity index (χ3n) is 6.84. The Labute approximate surface area is 209 Å². The molecule has 2 N–H and O–H groups in total. The molecule has 0 saturated carbocycles. The van der Waals surface area contributed by atoms with Gasteiger partial charge in [-0.1, -0.05) is 42.5 Å². The van der Waals surface area contributed by atoms with E-state index in [-0.39, 0.29) is 49.8 Å². The van der Waals surface area contributed by atoms with Gasteiger partial charge in [0.2, 0.25) is 5.91 Å². The number of aliphatic hydroxyl groups excluding tert-OH is 1. The van der Waals surface area contributed by atoms with Gasteiger partial charge in [-0.3, -0.25) is 9.69 Å². The summed E-state index contributed by atoms with van der Waals surface area (Å²) in [5.74, 6) is -0.0846. The first-order valence-corrected chi connectivity index (χ1v) is 12.3. The van der Waals surface area contributed by atoms with E-state index in [9.17, 15) is 23.1 Å². The average molecular weight is 507 g/mol. The fourth-order valence-corrected chi connectivity index (χ4v) is 4.99. The van der Waals surface area contributed by atoms with E-state index in [0.717, 1.165) is 29.7 Å². The molecule has 5 atom stereocenters. The number of rotatable bonds is 6. The number of fused-ring (bicyclic) bond motifs is 1. The van der Waals surface area contributed by atoms with Crippen LogP contribution in [0.1, 0.15) is 48.9 Å². The quantitative estimate of drug-likeness (QED) is 0.618. The van der Waals surface area contributed by atoms with Crippen molar-refractivity contribution in [1.82, 2.24) is 10.2 Å². The fourth-order valence-electron chi connectivity index (χ4n) is 4.99. The van der Waals surface area contributed by atoms with Gasteiger partial charge in [-0.05, 0) is 43.0 Å². The number of nitrogens with zero attached hydrogens (tertiary/aromatic N) is 1. The van der Waals surface area contributed by atoms with E-state index in [0.29, 0.717) is 19.5 Å². The van der Waals surface area contributed by atoms with Crippen molar-refractivity contribution in [3.05, 3.63) is 71.3 Å². The molecule has 2 aromatic carbocycles. The second-order valence-corrected chi connectivity index (χ2v) is 9.66. The Kier molecular flexibility index (Phi) is 8.66. The van der Waals surface area contributed by atoms with Crippen molar-refractivity contribution < 1.29 is 32.5 Å². The van der Waals surface area contributed by atoms with Crippen LogP contribution in [0, 0.1) is 0 Å². The van der Waals surface area contributed by atoms with E-state index in [1.165, 1.54) is 12.1 Å². The Morgan fingerprint density at radius 1 is 1.11 bits per heavy atom. The minimum Gasteiger partial charge on any atom is -0.389 e. The molecule has 0 bridgehead atoms. The number of carbonyl (C=O) groups excluding carboxylic acids is 1. The van der Waals surface area contributed by atoms with Crippen molar-refractivity contribution in [1.29, 1.82) is 0 Å². The first-order chi connectivity index (χ1) is 17.2. The lowest BCUT2D eigenvalue weighted by atomic mass is 9.94. The largest absolute Gasteiger partial charge is 0.416 e. The Bertz CT molecular complexity index is 987. The summed E-state index contributed by atoms with van der Waals surface area (Å²) in [6, 6.07) is 14.7. The summed E-state index contributed by atoms with van der Waals surface area (Å²) in [6.07, 6.45) is -4.01. The third kappa shape index (κ3) is 7.06. The second-order valence-electron chi connectivity index (χ2n) is 9.66. The van der Waals surface area contributed by atoms with Crippen LogP contribution in [0.2, 0.25) is 0 Å². The lowest BCUT2D eigenvalue weighted by molar-refractivity contribution is -0.158. The van der Waals surface area contributed by atoms with Gasteiger partial charge in [0.1, 0.15) is 0 Å². The van der Waals surface area contributed by atoms with E-state index in [1.807, 2.05) is 37.3 Å². The van der Waals surface area contributed by atoms with Crippen molar-refractivity contribution in [3.63, 3.8) is 0 Å². The Hall–Kier alpha value is -2.46. The van der Waals surface area contributed by atoms with E-state index in [2.05, 4.69) is 10.2 Å². The first-order valence-electron chi connectivity index (χ1n) is 12.3. The molecule has 36 heavy (non-hydrogen) atoms. The minimum absolute atomic E-state index is 0.0789. The van der Waals surface area contributed by atoms with Gasteiger partial charge in [-0.25, -0.2) is 0 Å². The number of hydrogen-bond acceptors (Lipinski definition) is 5. The zero-order valence-electron chi connectivity index (χ0n) is 20.3. The van der Waals surface area contributed by atoms with Crippen LogP contribution in [0.3, 0.4) is 0 Å². The zero-order chi connectivity index (χ0) is 25.7. The maximum absolute atomic E-state index is 12.9. The molecule has 2 fully saturated rings. The monoisotopic (exact) mass is 506 g/mol. The van der Waals surface area contributed by atoms with E-state index in [1.54, 1.807) is 0 Å². The molecule has 2 aliphatic rings. The summed E-state index contributed by atoms with van der Waals surface area (Å²) in [7, 11) is 0. The zero-order valence-corrected chi connectivity index (χ0v) is 20.3. The van der Waals surface area contributed by atoms with Gasteiger partial charge in [-0.15, -0.1) is 0 Å². The molecular formula is C27H33F3N2O4. The van der Waals surface area contributed by atoms with Gasteiger partial charge < -0.3 is 19.9 Å². The number of benzene rings is 2. The molecular weight excluding hydrogens is 473 g/mol. The standard InChI is InChI=1S/C27H33F3N2O4/c1-18(20-5-3-2-4-6-20)31-26(34)13-23-11-12-24-25(36-23)17-35-16-22(33)15-32(24)14-19-7-9-21(10-8-19)27(28,29)30/h2-10,18,22-25,33H,11-17H2,1H3,(H,31,34)/t18-,22+,23-,24+,25-/m0/s1. The SMILES string of the molecule is C[C@H](NC(=O)C[C@@H]1CC[C@@H]2[C@H](COC[C@H](O)CN2Cc2ccc(C(F)(F)F)cc2)O1)c1ccccc1. The molecule has 0 radical (unpaired) electrons. The summed E-state index contributed by atoms with van der Waals surface area (Å²) >= 11 is 0. The summed E-state index contributed by atoms with van der Waals surface area (Å²) in [4.78, 5) is 14.7. The molecule has 196 valence electrons. The molecule has 4 rings (SSSR count). The Morgan fingerprint density at radius 2 is 1.83 bits per heavy atom. The molecule has 0 unspecified atom stereocenters. The van der Waals surface area contributed by atoms with Crippen LogP contribution in [0.25, 0.3) is 0 Å². The molecule has 1 amide bonds. The molecule has 0 spiro atoms. The summed E-state index contributed by atoms with van der Waals surface area (Å²) < 4.78 is 50.7. The van der Waals surface area contributed by atoms with Crippen LogP contribution < -0.4 is 5.32 Å². The van der Waals surface area contributed by atoms with Crippen molar-refractivity contribution in [2.45, 2.75) is 69.3 Å². The molecule has 2 saturated heterocycles. The molecule has 9 heteroatoms. The van der Waals surface area contributed by atoms with Crippen LogP contribution in [0.5, 0.6) is 0 Å². The Balaban J connectivity index is 1.37. The highest BCUT2D eigenvalue weighted by atomic mass is 19.4. The molecule has 2 aromatic rings. The fraction of sp³-hybridized carbons (Fsp3) is 0.519.